The number of hydrogen-bond acceptors (Lipinski definition) is 4. The molecular formula is C22H15ClN4O. The summed E-state index contributed by atoms with van der Waals surface area (Å²) in [5.41, 5.74) is 6.30. The summed E-state index contributed by atoms with van der Waals surface area (Å²) in [6.07, 6.45) is 0.910. The van der Waals surface area contributed by atoms with E-state index in [0.29, 0.717) is 16.4 Å². The maximum Gasteiger partial charge on any atom is 0.204 e. The Morgan fingerprint density at radius 3 is 2.71 bits per heavy atom. The zero-order valence-electron chi connectivity index (χ0n) is 14.8. The summed E-state index contributed by atoms with van der Waals surface area (Å²) in [7, 11) is 0. The zero-order chi connectivity index (χ0) is 19.1. The Labute approximate surface area is 166 Å². The Hall–Kier alpha value is -3.31. The van der Waals surface area contributed by atoms with Crippen molar-refractivity contribution in [1.29, 1.82) is 0 Å². The van der Waals surface area contributed by atoms with Gasteiger partial charge in [0, 0.05) is 16.1 Å². The molecule has 5 rings (SSSR count). The van der Waals surface area contributed by atoms with Gasteiger partial charge in [-0.3, -0.25) is 4.79 Å². The molecule has 1 heterocycles. The van der Waals surface area contributed by atoms with Crippen LogP contribution in [-0.4, -0.2) is 26.0 Å². The second kappa shape index (κ2) is 6.69. The van der Waals surface area contributed by atoms with Crippen molar-refractivity contribution in [2.75, 3.05) is 0 Å². The van der Waals surface area contributed by atoms with Crippen molar-refractivity contribution in [3.8, 4) is 22.5 Å². The van der Waals surface area contributed by atoms with Gasteiger partial charge in [0.1, 0.15) is 6.54 Å². The van der Waals surface area contributed by atoms with Crippen LogP contribution in [0, 0.1) is 0 Å². The van der Waals surface area contributed by atoms with Gasteiger partial charge >= 0.3 is 0 Å². The van der Waals surface area contributed by atoms with Crippen molar-refractivity contribution >= 4 is 17.4 Å². The fourth-order valence-electron chi connectivity index (χ4n) is 3.57. The van der Waals surface area contributed by atoms with Crippen LogP contribution in [0.2, 0.25) is 5.02 Å². The van der Waals surface area contributed by atoms with E-state index in [2.05, 4.69) is 27.5 Å². The maximum atomic E-state index is 12.8. The monoisotopic (exact) mass is 386 g/mol. The van der Waals surface area contributed by atoms with Crippen molar-refractivity contribution < 1.29 is 4.79 Å². The van der Waals surface area contributed by atoms with Crippen LogP contribution in [0.4, 0.5) is 0 Å². The number of tetrazole rings is 1. The van der Waals surface area contributed by atoms with E-state index in [0.717, 1.165) is 17.5 Å². The topological polar surface area (TPSA) is 60.7 Å². The number of nitrogens with zero attached hydrogens (tertiary/aromatic N) is 4. The van der Waals surface area contributed by atoms with Gasteiger partial charge in [-0.15, -0.1) is 10.2 Å². The molecule has 0 amide bonds. The molecule has 0 spiro atoms. The Balaban J connectivity index is 1.39. The first-order valence-electron chi connectivity index (χ1n) is 8.95. The molecule has 1 aliphatic carbocycles. The van der Waals surface area contributed by atoms with Crippen LogP contribution in [0.3, 0.4) is 0 Å². The summed E-state index contributed by atoms with van der Waals surface area (Å²) in [4.78, 5) is 14.1. The lowest BCUT2D eigenvalue weighted by atomic mass is 10.0. The third-order valence-electron chi connectivity index (χ3n) is 4.94. The lowest BCUT2D eigenvalue weighted by molar-refractivity contribution is 0.0961. The van der Waals surface area contributed by atoms with Crippen LogP contribution in [0.25, 0.3) is 22.5 Å². The molecule has 3 aromatic carbocycles. The van der Waals surface area contributed by atoms with Gasteiger partial charge in [-0.25, -0.2) is 0 Å². The molecule has 0 saturated carbocycles. The second-order valence-corrected chi connectivity index (χ2v) is 7.22. The van der Waals surface area contributed by atoms with Crippen molar-refractivity contribution in [3.63, 3.8) is 0 Å². The van der Waals surface area contributed by atoms with E-state index in [4.69, 9.17) is 11.6 Å². The Kier molecular flexibility index (Phi) is 4.02. The SMILES string of the molecule is O=C(Cn1nnc(-c2cccc(Cl)c2)n1)c1ccc2c(c1)-c1ccccc1C2. The van der Waals surface area contributed by atoms with Crippen LogP contribution < -0.4 is 0 Å². The van der Waals surface area contributed by atoms with E-state index in [9.17, 15) is 4.79 Å². The summed E-state index contributed by atoms with van der Waals surface area (Å²) >= 11 is 6.01. The van der Waals surface area contributed by atoms with Crippen LogP contribution in [0.15, 0.2) is 66.7 Å². The molecule has 1 aromatic heterocycles. The minimum Gasteiger partial charge on any atom is -0.292 e. The molecule has 1 aliphatic rings. The third-order valence-corrected chi connectivity index (χ3v) is 5.18. The number of benzene rings is 3. The second-order valence-electron chi connectivity index (χ2n) is 6.78. The Morgan fingerprint density at radius 2 is 1.82 bits per heavy atom. The van der Waals surface area contributed by atoms with Gasteiger partial charge in [0.15, 0.2) is 5.78 Å². The number of halogens is 1. The highest BCUT2D eigenvalue weighted by atomic mass is 35.5. The van der Waals surface area contributed by atoms with E-state index in [1.807, 2.05) is 42.5 Å². The molecule has 0 bridgehead atoms. The molecule has 0 aliphatic heterocycles. The Bertz CT molecular complexity index is 1210. The molecule has 0 unspecified atom stereocenters. The van der Waals surface area contributed by atoms with Crippen molar-refractivity contribution in [1.82, 2.24) is 20.2 Å². The first kappa shape index (κ1) is 16.8. The van der Waals surface area contributed by atoms with Gasteiger partial charge in [-0.05, 0) is 52.1 Å². The molecule has 0 radical (unpaired) electrons. The number of ketones is 1. The van der Waals surface area contributed by atoms with Crippen LogP contribution in [0.5, 0.6) is 0 Å². The van der Waals surface area contributed by atoms with Crippen molar-refractivity contribution in [2.45, 2.75) is 13.0 Å². The minimum absolute atomic E-state index is 0.0357. The van der Waals surface area contributed by atoms with E-state index >= 15 is 0 Å². The third kappa shape index (κ3) is 3.00. The van der Waals surface area contributed by atoms with Crippen molar-refractivity contribution in [3.05, 3.63) is 88.4 Å². The average Bonchev–Trinajstić information content (AvgIpc) is 3.32. The van der Waals surface area contributed by atoms with Crippen LogP contribution in [-0.2, 0) is 13.0 Å². The summed E-state index contributed by atoms with van der Waals surface area (Å²) in [6.45, 7) is 0.0357. The number of carbonyl (C=O) groups excluding carboxylic acids is 1. The number of hydrogen-bond donors (Lipinski definition) is 0. The molecule has 28 heavy (non-hydrogen) atoms. The molecule has 0 N–H and O–H groups in total. The summed E-state index contributed by atoms with van der Waals surface area (Å²) in [5, 5.41) is 13.0. The molecule has 5 nitrogen and oxygen atoms in total. The zero-order valence-corrected chi connectivity index (χ0v) is 15.6. The van der Waals surface area contributed by atoms with Gasteiger partial charge in [0.2, 0.25) is 5.82 Å². The minimum atomic E-state index is -0.0535. The first-order valence-corrected chi connectivity index (χ1v) is 9.33. The molecule has 6 heteroatoms. The number of carbonyl (C=O) groups is 1. The number of rotatable bonds is 4. The first-order chi connectivity index (χ1) is 13.7. The molecule has 4 aromatic rings. The van der Waals surface area contributed by atoms with E-state index in [1.54, 1.807) is 12.1 Å². The average molecular weight is 387 g/mol. The molecule has 0 fully saturated rings. The van der Waals surface area contributed by atoms with Gasteiger partial charge < -0.3 is 0 Å². The van der Waals surface area contributed by atoms with Crippen LogP contribution in [0.1, 0.15) is 21.5 Å². The van der Waals surface area contributed by atoms with Gasteiger partial charge in [-0.2, -0.15) is 4.80 Å². The van der Waals surface area contributed by atoms with Crippen LogP contribution >= 0.6 is 11.6 Å². The van der Waals surface area contributed by atoms with E-state index < -0.39 is 0 Å². The highest BCUT2D eigenvalue weighted by Gasteiger charge is 2.20. The lowest BCUT2D eigenvalue weighted by Gasteiger charge is -2.05. The predicted molar refractivity (Wildman–Crippen MR) is 107 cm³/mol. The molecular weight excluding hydrogens is 372 g/mol. The molecule has 0 saturated heterocycles. The van der Waals surface area contributed by atoms with Gasteiger partial charge in [0.25, 0.3) is 0 Å². The predicted octanol–water partition coefficient (Wildman–Crippen LogP) is 4.45. The van der Waals surface area contributed by atoms with Gasteiger partial charge in [-0.1, -0.05) is 60.1 Å². The van der Waals surface area contributed by atoms with E-state index in [-0.39, 0.29) is 12.3 Å². The normalized spacial score (nSPS) is 11.9. The fraction of sp³-hybridized carbons (Fsp3) is 0.0909. The standard InChI is InChI=1S/C22H15ClN4O/c23-18-6-3-5-17(11-18)22-24-26-27(25-22)13-21(28)16-9-8-15-10-14-4-1-2-7-19(14)20(15)12-16/h1-9,11-12H,10,13H2. The quantitative estimate of drug-likeness (QED) is 0.428. The van der Waals surface area contributed by atoms with E-state index in [1.165, 1.54) is 21.5 Å². The number of fused-ring (bicyclic) bond motifs is 3. The lowest BCUT2D eigenvalue weighted by Crippen LogP contribution is -2.13. The highest BCUT2D eigenvalue weighted by Crippen LogP contribution is 2.36. The largest absolute Gasteiger partial charge is 0.292 e. The maximum absolute atomic E-state index is 12.8. The Morgan fingerprint density at radius 1 is 0.964 bits per heavy atom. The highest BCUT2D eigenvalue weighted by molar-refractivity contribution is 6.30. The molecule has 136 valence electrons. The summed E-state index contributed by atoms with van der Waals surface area (Å²) in [5.74, 6) is 0.389. The number of Topliss-reactive ketones (excluding diaryl/α,β-unsaturated/α-hetero) is 1. The number of aromatic nitrogens is 4. The summed E-state index contributed by atoms with van der Waals surface area (Å²) in [6, 6.07) is 21.4. The van der Waals surface area contributed by atoms with Gasteiger partial charge in [0.05, 0.1) is 0 Å². The smallest absolute Gasteiger partial charge is 0.204 e. The summed E-state index contributed by atoms with van der Waals surface area (Å²) < 4.78 is 0. The molecule has 0 atom stereocenters. The van der Waals surface area contributed by atoms with Crippen molar-refractivity contribution in [2.24, 2.45) is 0 Å². The fourth-order valence-corrected chi connectivity index (χ4v) is 3.76.